The Labute approximate surface area is 246 Å². The molecule has 0 amide bonds. The van der Waals surface area contributed by atoms with E-state index in [4.69, 9.17) is 15.0 Å². The van der Waals surface area contributed by atoms with E-state index in [2.05, 4.69) is 134 Å². The Morgan fingerprint density at radius 1 is 0.429 bits per heavy atom. The first-order chi connectivity index (χ1) is 20.7. The molecule has 6 aromatic carbocycles. The molecule has 1 unspecified atom stereocenters. The van der Waals surface area contributed by atoms with Gasteiger partial charge in [0.15, 0.2) is 17.5 Å². The maximum atomic E-state index is 5.17. The van der Waals surface area contributed by atoms with Crippen LogP contribution in [0.3, 0.4) is 0 Å². The highest BCUT2D eigenvalue weighted by molar-refractivity contribution is 7.13. The molecule has 2 heterocycles. The van der Waals surface area contributed by atoms with Crippen LogP contribution in [-0.4, -0.2) is 23.0 Å². The van der Waals surface area contributed by atoms with Crippen LogP contribution in [0.15, 0.2) is 146 Å². The summed E-state index contributed by atoms with van der Waals surface area (Å²) in [6.45, 7) is 2.47. The smallest absolute Gasteiger partial charge is 0.164 e. The molecular weight excluding hydrogens is 527 g/mol. The lowest BCUT2D eigenvalue weighted by molar-refractivity contribution is 1.08. The van der Waals surface area contributed by atoms with Crippen molar-refractivity contribution in [1.82, 2.24) is 15.0 Å². The first-order valence-electron chi connectivity index (χ1n) is 14.3. The highest BCUT2D eigenvalue weighted by Crippen LogP contribution is 2.36. The lowest BCUT2D eigenvalue weighted by atomic mass is 9.99. The van der Waals surface area contributed by atoms with Gasteiger partial charge in [0.2, 0.25) is 0 Å². The Hall–Kier alpha value is -5.19. The first kappa shape index (κ1) is 24.6. The Balaban J connectivity index is 1.39. The number of aromatic nitrogens is 3. The Morgan fingerprint density at radius 3 is 1.83 bits per heavy atom. The molecule has 3 nitrogen and oxygen atoms in total. The third-order valence-corrected chi connectivity index (χ3v) is 13.1. The summed E-state index contributed by atoms with van der Waals surface area (Å²) in [6, 6.07) is 51.6. The zero-order valence-electron chi connectivity index (χ0n) is 23.2. The largest absolute Gasteiger partial charge is 0.208 e. The standard InChI is InChI=1S/C38H27N3Si/c1-42(30-17-6-3-7-18-30)33-21-11-10-19-31(33)35-32(20-12-22-34(35)42)38-40-36(27-14-4-2-5-15-27)39-37(41-38)29-24-23-26-13-8-9-16-28(26)25-29/h2-25H,1H3. The van der Waals surface area contributed by atoms with E-state index in [1.54, 1.807) is 0 Å². The second-order valence-corrected chi connectivity index (χ2v) is 14.9. The molecular formula is C38H27N3Si. The van der Waals surface area contributed by atoms with Crippen molar-refractivity contribution in [2.45, 2.75) is 6.55 Å². The molecule has 8 rings (SSSR count). The predicted octanol–water partition coefficient (Wildman–Crippen LogP) is 7.11. The van der Waals surface area contributed by atoms with Crippen molar-refractivity contribution < 1.29 is 0 Å². The van der Waals surface area contributed by atoms with Gasteiger partial charge in [0.25, 0.3) is 0 Å². The monoisotopic (exact) mass is 553 g/mol. The van der Waals surface area contributed by atoms with E-state index in [1.807, 2.05) is 18.2 Å². The van der Waals surface area contributed by atoms with Crippen LogP contribution in [0.2, 0.25) is 6.55 Å². The summed E-state index contributed by atoms with van der Waals surface area (Å²) < 4.78 is 0. The van der Waals surface area contributed by atoms with Gasteiger partial charge in [-0.1, -0.05) is 146 Å². The summed E-state index contributed by atoms with van der Waals surface area (Å²) in [7, 11) is -2.22. The number of benzene rings is 6. The average Bonchev–Trinajstić information content (AvgIpc) is 3.34. The van der Waals surface area contributed by atoms with E-state index >= 15 is 0 Å². The molecule has 0 saturated heterocycles. The zero-order valence-corrected chi connectivity index (χ0v) is 24.2. The SMILES string of the molecule is C[Si]1(c2ccccc2)c2ccccc2-c2c(-c3nc(-c4ccccc4)nc(-c4ccc5ccccc5c4)n3)cccc21. The molecule has 0 N–H and O–H groups in total. The normalized spacial score (nSPS) is 15.4. The van der Waals surface area contributed by atoms with E-state index in [0.29, 0.717) is 17.5 Å². The van der Waals surface area contributed by atoms with Crippen LogP contribution in [0.25, 0.3) is 56.1 Å². The maximum absolute atomic E-state index is 5.17. The highest BCUT2D eigenvalue weighted by Gasteiger charge is 2.44. The van der Waals surface area contributed by atoms with Crippen LogP contribution in [0.1, 0.15) is 0 Å². The minimum Gasteiger partial charge on any atom is -0.208 e. The molecule has 198 valence electrons. The fourth-order valence-corrected chi connectivity index (χ4v) is 10.6. The summed E-state index contributed by atoms with van der Waals surface area (Å²) in [5.74, 6) is 2.05. The van der Waals surface area contributed by atoms with E-state index in [9.17, 15) is 0 Å². The molecule has 1 atom stereocenters. The van der Waals surface area contributed by atoms with E-state index < -0.39 is 8.07 Å². The van der Waals surface area contributed by atoms with Gasteiger partial charge in [-0.3, -0.25) is 0 Å². The van der Waals surface area contributed by atoms with Crippen molar-refractivity contribution in [2.75, 3.05) is 0 Å². The third kappa shape index (κ3) is 3.84. The van der Waals surface area contributed by atoms with Crippen molar-refractivity contribution in [2.24, 2.45) is 0 Å². The molecule has 0 fully saturated rings. The van der Waals surface area contributed by atoms with Gasteiger partial charge >= 0.3 is 0 Å². The molecule has 0 radical (unpaired) electrons. The molecule has 0 bridgehead atoms. The lowest BCUT2D eigenvalue weighted by Gasteiger charge is -2.25. The fourth-order valence-electron chi connectivity index (χ4n) is 6.48. The maximum Gasteiger partial charge on any atom is 0.164 e. The van der Waals surface area contributed by atoms with Crippen LogP contribution in [-0.2, 0) is 0 Å². The molecule has 1 aromatic heterocycles. The fraction of sp³-hybridized carbons (Fsp3) is 0.0263. The summed E-state index contributed by atoms with van der Waals surface area (Å²) in [6.07, 6.45) is 0. The molecule has 0 aliphatic carbocycles. The van der Waals surface area contributed by atoms with E-state index in [0.717, 1.165) is 22.1 Å². The van der Waals surface area contributed by atoms with Gasteiger partial charge < -0.3 is 0 Å². The van der Waals surface area contributed by atoms with E-state index in [-0.39, 0.29) is 0 Å². The summed E-state index contributed by atoms with van der Waals surface area (Å²) in [5.41, 5.74) is 5.54. The Bertz CT molecular complexity index is 2110. The van der Waals surface area contributed by atoms with Gasteiger partial charge in [-0.2, -0.15) is 0 Å². The van der Waals surface area contributed by atoms with E-state index in [1.165, 1.54) is 32.1 Å². The van der Waals surface area contributed by atoms with Crippen molar-refractivity contribution in [1.29, 1.82) is 0 Å². The van der Waals surface area contributed by atoms with Crippen molar-refractivity contribution in [3.05, 3.63) is 146 Å². The van der Waals surface area contributed by atoms with Gasteiger partial charge in [-0.05, 0) is 43.5 Å². The predicted molar refractivity (Wildman–Crippen MR) is 176 cm³/mol. The minimum atomic E-state index is -2.22. The van der Waals surface area contributed by atoms with Gasteiger partial charge in [0, 0.05) is 16.7 Å². The quantitative estimate of drug-likeness (QED) is 0.218. The number of nitrogens with zero attached hydrogens (tertiary/aromatic N) is 3. The minimum absolute atomic E-state index is 0.677. The Morgan fingerprint density at radius 2 is 1.02 bits per heavy atom. The summed E-state index contributed by atoms with van der Waals surface area (Å²) >= 11 is 0. The topological polar surface area (TPSA) is 38.7 Å². The number of hydrogen-bond acceptors (Lipinski definition) is 3. The number of hydrogen-bond donors (Lipinski definition) is 0. The van der Waals surface area contributed by atoms with Crippen LogP contribution in [0.4, 0.5) is 0 Å². The Kier molecular flexibility index (Phi) is 5.69. The van der Waals surface area contributed by atoms with Gasteiger partial charge in [0.05, 0.1) is 0 Å². The lowest BCUT2D eigenvalue weighted by Crippen LogP contribution is -2.62. The van der Waals surface area contributed by atoms with Gasteiger partial charge in [-0.15, -0.1) is 0 Å². The van der Waals surface area contributed by atoms with Crippen molar-refractivity contribution >= 4 is 34.4 Å². The zero-order chi connectivity index (χ0) is 28.1. The molecule has 7 aromatic rings. The van der Waals surface area contributed by atoms with Crippen LogP contribution < -0.4 is 15.6 Å². The number of fused-ring (bicyclic) bond motifs is 4. The first-order valence-corrected chi connectivity index (χ1v) is 16.8. The van der Waals surface area contributed by atoms with Crippen LogP contribution in [0.5, 0.6) is 0 Å². The number of rotatable bonds is 4. The molecule has 4 heteroatoms. The highest BCUT2D eigenvalue weighted by atomic mass is 28.3. The molecule has 1 aliphatic heterocycles. The van der Waals surface area contributed by atoms with Crippen molar-refractivity contribution in [3.8, 4) is 45.3 Å². The van der Waals surface area contributed by atoms with Crippen LogP contribution >= 0.6 is 0 Å². The van der Waals surface area contributed by atoms with Crippen LogP contribution in [0, 0.1) is 0 Å². The van der Waals surface area contributed by atoms with Gasteiger partial charge in [0.1, 0.15) is 8.07 Å². The second-order valence-electron chi connectivity index (χ2n) is 11.0. The molecule has 1 aliphatic rings. The average molecular weight is 554 g/mol. The second kappa shape index (κ2) is 9.72. The van der Waals surface area contributed by atoms with Gasteiger partial charge in [-0.25, -0.2) is 15.0 Å². The third-order valence-electron chi connectivity index (χ3n) is 8.61. The molecule has 42 heavy (non-hydrogen) atoms. The molecule has 0 spiro atoms. The summed E-state index contributed by atoms with van der Waals surface area (Å²) in [4.78, 5) is 15.3. The summed E-state index contributed by atoms with van der Waals surface area (Å²) in [5, 5.41) is 6.61. The molecule has 0 saturated carbocycles. The van der Waals surface area contributed by atoms with Crippen molar-refractivity contribution in [3.63, 3.8) is 0 Å².